The molecule has 0 amide bonds. The zero-order valence-electron chi connectivity index (χ0n) is 16.6. The number of likely N-dealkylation sites (tertiary alicyclic amines) is 2. The van der Waals surface area contributed by atoms with Crippen LogP contribution < -0.4 is 16.0 Å². The Kier molecular flexibility index (Phi) is 6.83. The Hall–Kier alpha value is -0.240. The van der Waals surface area contributed by atoms with Crippen molar-refractivity contribution in [2.75, 3.05) is 65.4 Å². The average molecular weight is 365 g/mol. The van der Waals surface area contributed by atoms with Crippen molar-refractivity contribution in [2.24, 2.45) is 0 Å². The van der Waals surface area contributed by atoms with Crippen LogP contribution in [-0.4, -0.2) is 92.1 Å². The van der Waals surface area contributed by atoms with Gasteiger partial charge in [0.05, 0.1) is 0 Å². The van der Waals surface area contributed by atoms with Gasteiger partial charge >= 0.3 is 0 Å². The minimum atomic E-state index is -0.0414. The summed E-state index contributed by atoms with van der Waals surface area (Å²) in [5.74, 6) is -0.0414. The summed E-state index contributed by atoms with van der Waals surface area (Å²) in [7, 11) is 0. The number of hydrogen-bond acceptors (Lipinski definition) is 6. The van der Waals surface area contributed by atoms with Crippen LogP contribution in [0.2, 0.25) is 0 Å². The molecule has 26 heavy (non-hydrogen) atoms. The molecule has 4 aliphatic heterocycles. The Bertz CT molecular complexity index is 413. The molecule has 6 nitrogen and oxygen atoms in total. The Morgan fingerprint density at radius 2 is 1.19 bits per heavy atom. The fraction of sp³-hybridized carbons (Fsp3) is 1.00. The van der Waals surface area contributed by atoms with Gasteiger partial charge in [-0.25, -0.2) is 0 Å². The largest absolute Gasteiger partial charge is 0.314 e. The lowest BCUT2D eigenvalue weighted by atomic mass is 10.0. The van der Waals surface area contributed by atoms with Crippen LogP contribution in [0.3, 0.4) is 0 Å². The van der Waals surface area contributed by atoms with Gasteiger partial charge in [0, 0.05) is 39.3 Å². The van der Waals surface area contributed by atoms with Gasteiger partial charge in [0.2, 0.25) is 0 Å². The molecule has 2 unspecified atom stereocenters. The van der Waals surface area contributed by atoms with Crippen LogP contribution >= 0.6 is 0 Å². The predicted molar refractivity (Wildman–Crippen MR) is 107 cm³/mol. The van der Waals surface area contributed by atoms with E-state index in [9.17, 15) is 0 Å². The van der Waals surface area contributed by atoms with Crippen LogP contribution in [-0.2, 0) is 0 Å². The van der Waals surface area contributed by atoms with E-state index in [2.05, 4.69) is 30.7 Å². The Balaban J connectivity index is 1.68. The molecule has 4 saturated heterocycles. The van der Waals surface area contributed by atoms with E-state index in [1.54, 1.807) is 0 Å². The maximum atomic E-state index is 4.13. The summed E-state index contributed by atoms with van der Waals surface area (Å²) in [6, 6.07) is 0. The van der Waals surface area contributed by atoms with Crippen molar-refractivity contribution in [1.82, 2.24) is 30.7 Å². The highest BCUT2D eigenvalue weighted by molar-refractivity contribution is 5.02. The zero-order valence-corrected chi connectivity index (χ0v) is 16.6. The van der Waals surface area contributed by atoms with Gasteiger partial charge in [0.15, 0.2) is 5.79 Å². The lowest BCUT2D eigenvalue weighted by Gasteiger charge is -2.58. The molecule has 4 rings (SSSR count). The SMILES string of the molecule is C1CCN(C2NCCCNC2(N2CCCCCC2)N2CCNCC2)CC1. The first-order chi connectivity index (χ1) is 12.9. The molecule has 2 atom stereocenters. The lowest BCUT2D eigenvalue weighted by molar-refractivity contribution is -0.148. The predicted octanol–water partition coefficient (Wildman–Crippen LogP) is 0.816. The molecular weight excluding hydrogens is 324 g/mol. The Morgan fingerprint density at radius 1 is 0.577 bits per heavy atom. The molecule has 0 saturated carbocycles. The van der Waals surface area contributed by atoms with Crippen molar-refractivity contribution >= 4 is 0 Å². The fourth-order valence-corrected chi connectivity index (χ4v) is 5.59. The second-order valence-electron chi connectivity index (χ2n) is 8.60. The highest BCUT2D eigenvalue weighted by atomic mass is 15.6. The first-order valence-electron chi connectivity index (χ1n) is 11.3. The second-order valence-corrected chi connectivity index (χ2v) is 8.60. The highest BCUT2D eigenvalue weighted by Crippen LogP contribution is 2.30. The van der Waals surface area contributed by atoms with E-state index < -0.39 is 0 Å². The van der Waals surface area contributed by atoms with Crippen LogP contribution in [0.15, 0.2) is 0 Å². The van der Waals surface area contributed by atoms with Gasteiger partial charge in [-0.3, -0.25) is 25.3 Å². The van der Waals surface area contributed by atoms with Crippen molar-refractivity contribution < 1.29 is 0 Å². The van der Waals surface area contributed by atoms with E-state index in [0.717, 1.165) is 39.3 Å². The summed E-state index contributed by atoms with van der Waals surface area (Å²) in [4.78, 5) is 8.39. The smallest absolute Gasteiger partial charge is 0.158 e. The van der Waals surface area contributed by atoms with E-state index in [0.29, 0.717) is 6.17 Å². The molecule has 4 heterocycles. The van der Waals surface area contributed by atoms with Gasteiger partial charge in [-0.1, -0.05) is 19.3 Å². The van der Waals surface area contributed by atoms with Gasteiger partial charge in [0.1, 0.15) is 6.17 Å². The zero-order chi connectivity index (χ0) is 17.7. The van der Waals surface area contributed by atoms with Crippen LogP contribution in [0, 0.1) is 0 Å². The minimum Gasteiger partial charge on any atom is -0.314 e. The molecule has 0 aromatic rings. The van der Waals surface area contributed by atoms with E-state index in [-0.39, 0.29) is 5.79 Å². The van der Waals surface area contributed by atoms with E-state index >= 15 is 0 Å². The second kappa shape index (κ2) is 9.30. The molecule has 0 radical (unpaired) electrons. The maximum absolute atomic E-state index is 4.13. The Labute approximate surface area is 160 Å². The standard InChI is InChI=1S/C20H40N6/c1-2-7-16-25(15-6-1)20(26-17-11-21-12-18-26)19(22-9-8-10-23-20)24-13-4-3-5-14-24/h19,21-23H,1-18H2. The van der Waals surface area contributed by atoms with Gasteiger partial charge in [-0.05, 0) is 58.3 Å². The van der Waals surface area contributed by atoms with Crippen LogP contribution in [0.5, 0.6) is 0 Å². The minimum absolute atomic E-state index is 0.0414. The van der Waals surface area contributed by atoms with Gasteiger partial charge in [-0.15, -0.1) is 0 Å². The third-order valence-electron chi connectivity index (χ3n) is 6.90. The Morgan fingerprint density at radius 3 is 1.92 bits per heavy atom. The molecule has 0 aromatic carbocycles. The molecular formula is C20H40N6. The maximum Gasteiger partial charge on any atom is 0.158 e. The van der Waals surface area contributed by atoms with E-state index in [1.807, 2.05) is 0 Å². The van der Waals surface area contributed by atoms with Gasteiger partial charge < -0.3 is 5.32 Å². The van der Waals surface area contributed by atoms with Gasteiger partial charge in [0.25, 0.3) is 0 Å². The molecule has 0 bridgehead atoms. The first kappa shape index (κ1) is 19.1. The molecule has 6 heteroatoms. The third kappa shape index (κ3) is 3.96. The quantitative estimate of drug-likeness (QED) is 0.689. The summed E-state index contributed by atoms with van der Waals surface area (Å²) in [5.41, 5.74) is 0. The molecule has 0 aromatic heterocycles. The number of nitrogens with zero attached hydrogens (tertiary/aromatic N) is 3. The summed E-state index contributed by atoms with van der Waals surface area (Å²) in [6.45, 7) is 11.8. The van der Waals surface area contributed by atoms with Gasteiger partial charge in [-0.2, -0.15) is 0 Å². The van der Waals surface area contributed by atoms with Crippen molar-refractivity contribution in [2.45, 2.75) is 63.3 Å². The number of nitrogens with one attached hydrogen (secondary N) is 3. The average Bonchev–Trinajstić information content (AvgIpc) is 3.11. The number of piperazine rings is 1. The molecule has 3 N–H and O–H groups in total. The van der Waals surface area contributed by atoms with E-state index in [4.69, 9.17) is 0 Å². The monoisotopic (exact) mass is 364 g/mol. The number of piperidine rings is 1. The van der Waals surface area contributed by atoms with Crippen LogP contribution in [0.4, 0.5) is 0 Å². The first-order valence-corrected chi connectivity index (χ1v) is 11.3. The van der Waals surface area contributed by atoms with Crippen molar-refractivity contribution in [3.05, 3.63) is 0 Å². The number of rotatable bonds is 3. The summed E-state index contributed by atoms with van der Waals surface area (Å²) >= 11 is 0. The fourth-order valence-electron chi connectivity index (χ4n) is 5.59. The topological polar surface area (TPSA) is 45.8 Å². The van der Waals surface area contributed by atoms with E-state index in [1.165, 1.54) is 77.5 Å². The molecule has 150 valence electrons. The molecule has 0 spiro atoms. The third-order valence-corrected chi connectivity index (χ3v) is 6.90. The van der Waals surface area contributed by atoms with Crippen molar-refractivity contribution in [1.29, 1.82) is 0 Å². The van der Waals surface area contributed by atoms with Crippen LogP contribution in [0.1, 0.15) is 51.4 Å². The molecule has 4 fully saturated rings. The summed E-state index contributed by atoms with van der Waals surface area (Å²) in [5, 5.41) is 11.7. The number of hydrogen-bond donors (Lipinski definition) is 3. The molecule has 0 aliphatic carbocycles. The highest BCUT2D eigenvalue weighted by Gasteiger charge is 2.51. The van der Waals surface area contributed by atoms with Crippen molar-refractivity contribution in [3.8, 4) is 0 Å². The lowest BCUT2D eigenvalue weighted by Crippen LogP contribution is -2.81. The summed E-state index contributed by atoms with van der Waals surface area (Å²) in [6.07, 6.45) is 11.2. The normalized spacial score (nSPS) is 37.2. The van der Waals surface area contributed by atoms with Crippen LogP contribution in [0.25, 0.3) is 0 Å². The summed E-state index contributed by atoms with van der Waals surface area (Å²) < 4.78 is 0. The molecule has 4 aliphatic rings. The van der Waals surface area contributed by atoms with Crippen molar-refractivity contribution in [3.63, 3.8) is 0 Å².